The first-order valence-electron chi connectivity index (χ1n) is 2.01. The minimum absolute atomic E-state index is 0. The number of rotatable bonds is 1. The molecule has 7 heavy (non-hydrogen) atoms. The molecule has 1 N–H and O–H groups in total. The Morgan fingerprint density at radius 1 is 1.71 bits per heavy atom. The molecule has 0 aliphatic rings. The van der Waals surface area contributed by atoms with Gasteiger partial charge in [-0.2, -0.15) is 0 Å². The van der Waals surface area contributed by atoms with Crippen LogP contribution in [-0.2, 0) is 4.79 Å². The molecule has 1 radical (unpaired) electrons. The summed E-state index contributed by atoms with van der Waals surface area (Å²) < 4.78 is 0. The summed E-state index contributed by atoms with van der Waals surface area (Å²) in [4.78, 5) is 9.93. The summed E-state index contributed by atoms with van der Waals surface area (Å²) in [6, 6.07) is 0. The van der Waals surface area contributed by atoms with Crippen molar-refractivity contribution in [3.8, 4) is 0 Å². The van der Waals surface area contributed by atoms with E-state index >= 15 is 0 Å². The summed E-state index contributed by atoms with van der Waals surface area (Å²) in [6.07, 6.45) is 0. The van der Waals surface area contributed by atoms with Crippen molar-refractivity contribution < 1.29 is 4.79 Å². The fourth-order valence-corrected chi connectivity index (χ4v) is 0.249. The van der Waals surface area contributed by atoms with Crippen LogP contribution in [0.2, 0.25) is 0 Å². The molecule has 0 aromatic heterocycles. The minimum Gasteiger partial charge on any atom is -0.357 e. The van der Waals surface area contributed by atoms with Crippen LogP contribution in [0.15, 0.2) is 0 Å². The van der Waals surface area contributed by atoms with Gasteiger partial charge in [0.1, 0.15) is 0 Å². The third-order valence-corrected chi connectivity index (χ3v) is 0.426. The van der Waals surface area contributed by atoms with Crippen molar-refractivity contribution in [2.75, 3.05) is 6.54 Å². The first-order chi connectivity index (χ1) is 2.77. The molecule has 0 aromatic carbocycles. The fraction of sp³-hybridized carbons (Fsp3) is 0.750. The third kappa shape index (κ3) is 10.7. The molecule has 0 unspecified atom stereocenters. The van der Waals surface area contributed by atoms with Crippen LogP contribution in [0, 0.1) is 0 Å². The number of amides is 1. The van der Waals surface area contributed by atoms with E-state index in [0.29, 0.717) is 0 Å². The topological polar surface area (TPSA) is 29.1 Å². The molecule has 0 saturated heterocycles. The minimum atomic E-state index is 0. The maximum absolute atomic E-state index is 9.93. The Morgan fingerprint density at radius 3 is 2.14 bits per heavy atom. The van der Waals surface area contributed by atoms with E-state index in [4.69, 9.17) is 0 Å². The Balaban J connectivity index is 0. The average molecular weight is 94.1 g/mol. The Hall–Kier alpha value is 0.0674. The van der Waals surface area contributed by atoms with Crippen molar-refractivity contribution in [2.24, 2.45) is 0 Å². The predicted octanol–water partition coefficient (Wildman–Crippen LogP) is -0.238. The second-order valence-corrected chi connectivity index (χ2v) is 1.09. The molecule has 0 heterocycles. The standard InChI is InChI=1S/C4H9NO.Li/c1-3-5-4(2)6;/h3H2,1-2H3,(H,5,6);. The van der Waals surface area contributed by atoms with Gasteiger partial charge in [-0.05, 0) is 6.92 Å². The van der Waals surface area contributed by atoms with Gasteiger partial charge in [0.25, 0.3) is 0 Å². The first kappa shape index (κ1) is 10.1. The van der Waals surface area contributed by atoms with Gasteiger partial charge in [0.05, 0.1) is 0 Å². The SMILES string of the molecule is CCNC(C)=O.[Li]. The van der Waals surface area contributed by atoms with Crippen molar-refractivity contribution in [1.82, 2.24) is 5.32 Å². The molecule has 0 saturated carbocycles. The van der Waals surface area contributed by atoms with Crippen LogP contribution in [0.25, 0.3) is 0 Å². The molecule has 0 spiro atoms. The molecule has 0 aliphatic carbocycles. The van der Waals surface area contributed by atoms with Gasteiger partial charge in [-0.15, -0.1) is 0 Å². The third-order valence-electron chi connectivity index (χ3n) is 0.426. The molecule has 2 nitrogen and oxygen atoms in total. The van der Waals surface area contributed by atoms with Crippen LogP contribution in [0.3, 0.4) is 0 Å². The summed E-state index contributed by atoms with van der Waals surface area (Å²) in [7, 11) is 0. The molecule has 37 valence electrons. The van der Waals surface area contributed by atoms with E-state index in [2.05, 4.69) is 5.32 Å². The quantitative estimate of drug-likeness (QED) is 0.446. The van der Waals surface area contributed by atoms with Crippen LogP contribution in [0.5, 0.6) is 0 Å². The van der Waals surface area contributed by atoms with Crippen molar-refractivity contribution >= 4 is 24.8 Å². The molecule has 0 atom stereocenters. The van der Waals surface area contributed by atoms with Crippen LogP contribution < -0.4 is 5.32 Å². The van der Waals surface area contributed by atoms with Crippen LogP contribution in [0.1, 0.15) is 13.8 Å². The summed E-state index contributed by atoms with van der Waals surface area (Å²) in [5, 5.41) is 2.57. The van der Waals surface area contributed by atoms with Gasteiger partial charge in [-0.3, -0.25) is 4.79 Å². The number of carbonyl (C=O) groups is 1. The molecular weight excluding hydrogens is 85.0 g/mol. The zero-order chi connectivity index (χ0) is 4.99. The largest absolute Gasteiger partial charge is 0.357 e. The van der Waals surface area contributed by atoms with E-state index in [0.717, 1.165) is 6.54 Å². The fourth-order valence-electron chi connectivity index (χ4n) is 0.249. The Morgan fingerprint density at radius 2 is 2.14 bits per heavy atom. The summed E-state index contributed by atoms with van der Waals surface area (Å²) in [5.41, 5.74) is 0. The van der Waals surface area contributed by atoms with Crippen LogP contribution in [-0.4, -0.2) is 31.3 Å². The molecule has 0 rings (SSSR count). The van der Waals surface area contributed by atoms with E-state index in [-0.39, 0.29) is 24.8 Å². The molecule has 0 bridgehead atoms. The van der Waals surface area contributed by atoms with Gasteiger partial charge in [-0.25, -0.2) is 0 Å². The molecule has 3 heteroatoms. The smallest absolute Gasteiger partial charge is 0.216 e. The maximum atomic E-state index is 9.93. The second kappa shape index (κ2) is 6.07. The van der Waals surface area contributed by atoms with Gasteiger partial charge in [0.2, 0.25) is 5.91 Å². The van der Waals surface area contributed by atoms with Crippen molar-refractivity contribution in [3.05, 3.63) is 0 Å². The van der Waals surface area contributed by atoms with Gasteiger partial charge in [0.15, 0.2) is 0 Å². The molecule has 0 aromatic rings. The van der Waals surface area contributed by atoms with Crippen molar-refractivity contribution in [2.45, 2.75) is 13.8 Å². The zero-order valence-electron chi connectivity index (χ0n) is 5.12. The molecule has 0 fully saturated rings. The van der Waals surface area contributed by atoms with Crippen LogP contribution >= 0.6 is 0 Å². The predicted molar refractivity (Wildman–Crippen MR) is 30.1 cm³/mol. The van der Waals surface area contributed by atoms with Gasteiger partial charge in [0, 0.05) is 32.3 Å². The van der Waals surface area contributed by atoms with Crippen molar-refractivity contribution in [3.63, 3.8) is 0 Å². The summed E-state index contributed by atoms with van der Waals surface area (Å²) in [5.74, 6) is 0.0394. The Labute approximate surface area is 55.8 Å². The van der Waals surface area contributed by atoms with E-state index in [1.165, 1.54) is 6.92 Å². The molecule has 1 amide bonds. The molecular formula is C4H9LiNO. The van der Waals surface area contributed by atoms with Gasteiger partial charge < -0.3 is 5.32 Å². The number of nitrogens with one attached hydrogen (secondary N) is 1. The normalized spacial score (nSPS) is 6.57. The average Bonchev–Trinajstić information content (AvgIpc) is 1.35. The number of carbonyl (C=O) groups excluding carboxylic acids is 1. The van der Waals surface area contributed by atoms with E-state index in [1.54, 1.807) is 0 Å². The number of hydrogen-bond acceptors (Lipinski definition) is 1. The number of hydrogen-bond donors (Lipinski definition) is 1. The van der Waals surface area contributed by atoms with Gasteiger partial charge in [-0.1, -0.05) is 0 Å². The van der Waals surface area contributed by atoms with Gasteiger partial charge >= 0.3 is 0 Å². The Kier molecular flexibility index (Phi) is 8.78. The maximum Gasteiger partial charge on any atom is 0.216 e. The molecule has 0 aliphatic heterocycles. The van der Waals surface area contributed by atoms with Crippen molar-refractivity contribution in [1.29, 1.82) is 0 Å². The van der Waals surface area contributed by atoms with E-state index in [1.807, 2.05) is 6.92 Å². The zero-order valence-corrected chi connectivity index (χ0v) is 5.12. The summed E-state index contributed by atoms with van der Waals surface area (Å²) >= 11 is 0. The first-order valence-corrected chi connectivity index (χ1v) is 2.01. The van der Waals surface area contributed by atoms with E-state index < -0.39 is 0 Å². The van der Waals surface area contributed by atoms with E-state index in [9.17, 15) is 4.79 Å². The summed E-state index contributed by atoms with van der Waals surface area (Å²) in [6.45, 7) is 4.13. The second-order valence-electron chi connectivity index (χ2n) is 1.09. The monoisotopic (exact) mass is 94.1 g/mol. The Bertz CT molecular complexity index is 55.7. The van der Waals surface area contributed by atoms with Crippen LogP contribution in [0.4, 0.5) is 0 Å².